The van der Waals surface area contributed by atoms with E-state index >= 15 is 0 Å². The van der Waals surface area contributed by atoms with Crippen LogP contribution in [-0.2, 0) is 6.54 Å². The summed E-state index contributed by atoms with van der Waals surface area (Å²) in [6.07, 6.45) is 4.11. The third-order valence-electron chi connectivity index (χ3n) is 2.40. The van der Waals surface area contributed by atoms with Gasteiger partial charge in [0.25, 0.3) is 0 Å². The van der Waals surface area contributed by atoms with E-state index in [0.29, 0.717) is 17.4 Å². The zero-order valence-electron chi connectivity index (χ0n) is 8.85. The minimum Gasteiger partial charge on any atom is -0.324 e. The van der Waals surface area contributed by atoms with Gasteiger partial charge in [-0.25, -0.2) is 4.98 Å². The van der Waals surface area contributed by atoms with Gasteiger partial charge in [-0.1, -0.05) is 23.7 Å². The van der Waals surface area contributed by atoms with Crippen LogP contribution in [0.3, 0.4) is 0 Å². The molecule has 0 amide bonds. The van der Waals surface area contributed by atoms with Crippen molar-refractivity contribution in [1.29, 1.82) is 0 Å². The van der Waals surface area contributed by atoms with Gasteiger partial charge < -0.3 is 4.57 Å². The Balaban J connectivity index is 2.30. The van der Waals surface area contributed by atoms with E-state index in [1.54, 1.807) is 17.0 Å². The second-order valence-electron chi connectivity index (χ2n) is 3.63. The molecule has 82 valence electrons. The van der Waals surface area contributed by atoms with E-state index in [9.17, 15) is 4.79 Å². The molecule has 0 aliphatic rings. The van der Waals surface area contributed by atoms with Gasteiger partial charge in [-0.3, -0.25) is 4.79 Å². The molecule has 16 heavy (non-hydrogen) atoms. The van der Waals surface area contributed by atoms with Crippen molar-refractivity contribution in [1.82, 2.24) is 9.55 Å². The van der Waals surface area contributed by atoms with E-state index in [4.69, 9.17) is 11.6 Å². The van der Waals surface area contributed by atoms with Crippen LogP contribution in [0.4, 0.5) is 0 Å². The van der Waals surface area contributed by atoms with Gasteiger partial charge >= 0.3 is 0 Å². The van der Waals surface area contributed by atoms with Gasteiger partial charge in [0.2, 0.25) is 0 Å². The molecule has 0 unspecified atom stereocenters. The van der Waals surface area contributed by atoms with Gasteiger partial charge in [0.1, 0.15) is 0 Å². The predicted octanol–water partition coefficient (Wildman–Crippen LogP) is 2.71. The fraction of sp³-hybridized carbons (Fsp3) is 0.167. The molecule has 1 aromatic carbocycles. The first kappa shape index (κ1) is 10.9. The Morgan fingerprint density at radius 3 is 3.00 bits per heavy atom. The molecule has 0 bridgehead atoms. The van der Waals surface area contributed by atoms with Crippen LogP contribution in [0.25, 0.3) is 0 Å². The van der Waals surface area contributed by atoms with Crippen LogP contribution >= 0.6 is 11.6 Å². The van der Waals surface area contributed by atoms with Crippen LogP contribution in [0.5, 0.6) is 0 Å². The SMILES string of the molecule is Cc1ccc(Cn2ccnc2C=O)c(Cl)c1. The first-order valence-electron chi connectivity index (χ1n) is 4.92. The molecule has 0 fully saturated rings. The van der Waals surface area contributed by atoms with E-state index < -0.39 is 0 Å². The van der Waals surface area contributed by atoms with Gasteiger partial charge in [-0.2, -0.15) is 0 Å². The minimum absolute atomic E-state index is 0.414. The van der Waals surface area contributed by atoms with Crippen LogP contribution in [-0.4, -0.2) is 15.8 Å². The largest absolute Gasteiger partial charge is 0.324 e. The van der Waals surface area contributed by atoms with Crippen molar-refractivity contribution in [3.05, 3.63) is 52.6 Å². The number of benzene rings is 1. The normalized spacial score (nSPS) is 10.4. The maximum atomic E-state index is 10.7. The minimum atomic E-state index is 0.414. The zero-order valence-corrected chi connectivity index (χ0v) is 9.61. The molecule has 4 heteroatoms. The number of aldehydes is 1. The van der Waals surface area contributed by atoms with Crippen LogP contribution in [0, 0.1) is 6.92 Å². The smallest absolute Gasteiger partial charge is 0.185 e. The first-order chi connectivity index (χ1) is 7.70. The number of imidazole rings is 1. The molecule has 2 rings (SSSR count). The Hall–Kier alpha value is -1.61. The summed E-state index contributed by atoms with van der Waals surface area (Å²) in [4.78, 5) is 14.6. The molecule has 0 radical (unpaired) electrons. The number of carbonyl (C=O) groups excluding carboxylic acids is 1. The van der Waals surface area contributed by atoms with Crippen LogP contribution in [0.15, 0.2) is 30.6 Å². The average molecular weight is 235 g/mol. The summed E-state index contributed by atoms with van der Waals surface area (Å²) >= 11 is 6.12. The topological polar surface area (TPSA) is 34.9 Å². The highest BCUT2D eigenvalue weighted by molar-refractivity contribution is 6.31. The summed E-state index contributed by atoms with van der Waals surface area (Å²) in [6.45, 7) is 2.55. The van der Waals surface area contributed by atoms with Gasteiger partial charge in [0.05, 0.1) is 6.54 Å². The Morgan fingerprint density at radius 2 is 2.31 bits per heavy atom. The number of aromatic nitrogens is 2. The lowest BCUT2D eigenvalue weighted by atomic mass is 10.1. The van der Waals surface area contributed by atoms with Gasteiger partial charge in [0, 0.05) is 17.4 Å². The quantitative estimate of drug-likeness (QED) is 0.766. The van der Waals surface area contributed by atoms with Crippen molar-refractivity contribution < 1.29 is 4.79 Å². The molecule has 0 saturated carbocycles. The van der Waals surface area contributed by atoms with Crippen molar-refractivity contribution in [3.8, 4) is 0 Å². The molecule has 0 aliphatic carbocycles. The van der Waals surface area contributed by atoms with E-state index in [2.05, 4.69) is 4.98 Å². The van der Waals surface area contributed by atoms with Gasteiger partial charge in [0.15, 0.2) is 12.1 Å². The number of halogens is 1. The molecule has 0 aliphatic heterocycles. The molecule has 1 aromatic heterocycles. The molecule has 0 saturated heterocycles. The molecule has 0 spiro atoms. The molecular weight excluding hydrogens is 224 g/mol. The molecule has 0 N–H and O–H groups in total. The zero-order chi connectivity index (χ0) is 11.5. The standard InChI is InChI=1S/C12H11ClN2O/c1-9-2-3-10(11(13)6-9)7-15-5-4-14-12(15)8-16/h2-6,8H,7H2,1H3. The lowest BCUT2D eigenvalue weighted by Gasteiger charge is -2.07. The Kier molecular flexibility index (Phi) is 3.06. The highest BCUT2D eigenvalue weighted by Crippen LogP contribution is 2.18. The number of hydrogen-bond donors (Lipinski definition) is 0. The second-order valence-corrected chi connectivity index (χ2v) is 4.03. The van der Waals surface area contributed by atoms with E-state index in [1.807, 2.05) is 25.1 Å². The molecule has 1 heterocycles. The van der Waals surface area contributed by atoms with Crippen molar-refractivity contribution >= 4 is 17.9 Å². The summed E-state index contributed by atoms with van der Waals surface area (Å²) < 4.78 is 1.77. The Bertz CT molecular complexity index is 519. The summed E-state index contributed by atoms with van der Waals surface area (Å²) in [7, 11) is 0. The Morgan fingerprint density at radius 1 is 1.50 bits per heavy atom. The summed E-state index contributed by atoms with van der Waals surface area (Å²) in [5.41, 5.74) is 2.10. The predicted molar refractivity (Wildman–Crippen MR) is 62.9 cm³/mol. The van der Waals surface area contributed by atoms with Crippen LogP contribution in [0.1, 0.15) is 21.7 Å². The Labute approximate surface area is 98.7 Å². The number of rotatable bonds is 3. The van der Waals surface area contributed by atoms with Crippen LogP contribution < -0.4 is 0 Å². The molecule has 0 atom stereocenters. The van der Waals surface area contributed by atoms with E-state index in [-0.39, 0.29) is 0 Å². The highest BCUT2D eigenvalue weighted by Gasteiger charge is 2.05. The number of carbonyl (C=O) groups is 1. The summed E-state index contributed by atoms with van der Waals surface area (Å²) in [6, 6.07) is 5.87. The van der Waals surface area contributed by atoms with Crippen molar-refractivity contribution in [2.24, 2.45) is 0 Å². The third-order valence-corrected chi connectivity index (χ3v) is 2.75. The number of hydrogen-bond acceptors (Lipinski definition) is 2. The third kappa shape index (κ3) is 2.14. The van der Waals surface area contributed by atoms with Crippen molar-refractivity contribution in [2.75, 3.05) is 0 Å². The average Bonchev–Trinajstić information content (AvgIpc) is 2.69. The highest BCUT2D eigenvalue weighted by atomic mass is 35.5. The summed E-state index contributed by atoms with van der Waals surface area (Å²) in [5, 5.41) is 0.713. The lowest BCUT2D eigenvalue weighted by Crippen LogP contribution is -2.03. The fourth-order valence-corrected chi connectivity index (χ4v) is 1.83. The molecule has 3 nitrogen and oxygen atoms in total. The number of aryl methyl sites for hydroxylation is 1. The van der Waals surface area contributed by atoms with Gasteiger partial charge in [-0.05, 0) is 24.1 Å². The van der Waals surface area contributed by atoms with Crippen molar-refractivity contribution in [2.45, 2.75) is 13.5 Å². The van der Waals surface area contributed by atoms with E-state index in [0.717, 1.165) is 17.4 Å². The number of nitrogens with zero attached hydrogens (tertiary/aromatic N) is 2. The maximum Gasteiger partial charge on any atom is 0.185 e. The lowest BCUT2D eigenvalue weighted by molar-refractivity contribution is 0.111. The van der Waals surface area contributed by atoms with Crippen molar-refractivity contribution in [3.63, 3.8) is 0 Å². The first-order valence-corrected chi connectivity index (χ1v) is 5.30. The van der Waals surface area contributed by atoms with Gasteiger partial charge in [-0.15, -0.1) is 0 Å². The molecular formula is C12H11ClN2O. The summed E-state index contributed by atoms with van der Waals surface area (Å²) in [5.74, 6) is 0.414. The monoisotopic (exact) mass is 234 g/mol. The maximum absolute atomic E-state index is 10.7. The molecule has 2 aromatic rings. The fourth-order valence-electron chi connectivity index (χ4n) is 1.54. The van der Waals surface area contributed by atoms with Crippen LogP contribution in [0.2, 0.25) is 5.02 Å². The van der Waals surface area contributed by atoms with E-state index in [1.165, 1.54) is 0 Å². The second kappa shape index (κ2) is 4.49.